The summed E-state index contributed by atoms with van der Waals surface area (Å²) >= 11 is 0. The lowest BCUT2D eigenvalue weighted by atomic mass is 10.2. The average Bonchev–Trinajstić information content (AvgIpc) is 2.29. The Hall–Kier alpha value is -0.970. The summed E-state index contributed by atoms with van der Waals surface area (Å²) in [6.07, 6.45) is 2.66. The highest BCUT2D eigenvalue weighted by Crippen LogP contribution is 2.06. The third-order valence-electron chi connectivity index (χ3n) is 2.07. The highest BCUT2D eigenvalue weighted by molar-refractivity contribution is 5.18. The van der Waals surface area contributed by atoms with Crippen LogP contribution in [0.3, 0.4) is 0 Å². The van der Waals surface area contributed by atoms with E-state index in [9.17, 15) is 0 Å². The molecule has 2 N–H and O–H groups in total. The molecular formula is C11H18N2O2. The number of nitrogens with zero attached hydrogens (tertiary/aromatic N) is 1. The molecule has 4 nitrogen and oxygen atoms in total. The Morgan fingerprint density at radius 1 is 1.40 bits per heavy atom. The molecule has 1 aromatic heterocycles. The zero-order valence-corrected chi connectivity index (χ0v) is 9.11. The first-order valence-corrected chi connectivity index (χ1v) is 5.08. The minimum atomic E-state index is 0.456. The molecule has 1 aromatic rings. The predicted molar refractivity (Wildman–Crippen MR) is 58.3 cm³/mol. The van der Waals surface area contributed by atoms with Crippen LogP contribution in [0.2, 0.25) is 0 Å². The minimum absolute atomic E-state index is 0.456. The van der Waals surface area contributed by atoms with E-state index in [0.29, 0.717) is 19.8 Å². The van der Waals surface area contributed by atoms with Gasteiger partial charge in [0.1, 0.15) is 0 Å². The van der Waals surface area contributed by atoms with Crippen molar-refractivity contribution in [2.75, 3.05) is 20.3 Å². The summed E-state index contributed by atoms with van der Waals surface area (Å²) < 4.78 is 10.4. The molecule has 0 saturated carbocycles. The maximum Gasteiger partial charge on any atom is 0.0735 e. The van der Waals surface area contributed by atoms with Gasteiger partial charge in [0.25, 0.3) is 0 Å². The second kappa shape index (κ2) is 7.34. The summed E-state index contributed by atoms with van der Waals surface area (Å²) in [5.41, 5.74) is 7.54. The Morgan fingerprint density at radius 3 is 3.00 bits per heavy atom. The van der Waals surface area contributed by atoms with Crippen molar-refractivity contribution in [3.05, 3.63) is 29.6 Å². The van der Waals surface area contributed by atoms with Crippen molar-refractivity contribution in [1.82, 2.24) is 4.98 Å². The molecule has 0 spiro atoms. The SMILES string of the molecule is COCCCOCc1cccnc1CN. The van der Waals surface area contributed by atoms with Crippen molar-refractivity contribution >= 4 is 0 Å². The monoisotopic (exact) mass is 210 g/mol. The van der Waals surface area contributed by atoms with E-state index >= 15 is 0 Å². The quantitative estimate of drug-likeness (QED) is 0.684. The number of pyridine rings is 1. The second-order valence-electron chi connectivity index (χ2n) is 3.21. The molecular weight excluding hydrogens is 192 g/mol. The van der Waals surface area contributed by atoms with E-state index in [0.717, 1.165) is 24.3 Å². The van der Waals surface area contributed by atoms with Crippen molar-refractivity contribution in [3.8, 4) is 0 Å². The third-order valence-corrected chi connectivity index (χ3v) is 2.07. The van der Waals surface area contributed by atoms with Crippen molar-refractivity contribution in [1.29, 1.82) is 0 Å². The summed E-state index contributed by atoms with van der Waals surface area (Å²) in [7, 11) is 1.69. The molecule has 0 aliphatic heterocycles. The van der Waals surface area contributed by atoms with Crippen LogP contribution in [-0.4, -0.2) is 25.3 Å². The van der Waals surface area contributed by atoms with Crippen LogP contribution in [0.1, 0.15) is 17.7 Å². The summed E-state index contributed by atoms with van der Waals surface area (Å²) in [5.74, 6) is 0. The zero-order chi connectivity index (χ0) is 10.9. The van der Waals surface area contributed by atoms with Crippen molar-refractivity contribution in [2.45, 2.75) is 19.6 Å². The largest absolute Gasteiger partial charge is 0.385 e. The van der Waals surface area contributed by atoms with E-state index in [-0.39, 0.29) is 0 Å². The number of rotatable bonds is 7. The van der Waals surface area contributed by atoms with Crippen molar-refractivity contribution in [3.63, 3.8) is 0 Å². The van der Waals surface area contributed by atoms with Crippen LogP contribution >= 0.6 is 0 Å². The molecule has 0 aliphatic carbocycles. The Kier molecular flexibility index (Phi) is 5.92. The molecule has 0 aromatic carbocycles. The summed E-state index contributed by atoms with van der Waals surface area (Å²) in [6, 6.07) is 3.89. The van der Waals surface area contributed by atoms with Gasteiger partial charge in [-0.3, -0.25) is 4.98 Å². The van der Waals surface area contributed by atoms with Gasteiger partial charge in [-0.25, -0.2) is 0 Å². The number of nitrogens with two attached hydrogens (primary N) is 1. The Labute approximate surface area is 90.4 Å². The van der Waals surface area contributed by atoms with Crippen LogP contribution in [0.5, 0.6) is 0 Å². The van der Waals surface area contributed by atoms with E-state index in [1.807, 2.05) is 12.1 Å². The molecule has 84 valence electrons. The average molecular weight is 210 g/mol. The first kappa shape index (κ1) is 12.1. The van der Waals surface area contributed by atoms with E-state index in [2.05, 4.69) is 4.98 Å². The molecule has 0 bridgehead atoms. The number of methoxy groups -OCH3 is 1. The molecule has 0 saturated heterocycles. The van der Waals surface area contributed by atoms with Crippen LogP contribution in [0, 0.1) is 0 Å². The number of aromatic nitrogens is 1. The van der Waals surface area contributed by atoms with E-state index in [4.69, 9.17) is 15.2 Å². The van der Waals surface area contributed by atoms with Crippen molar-refractivity contribution in [2.24, 2.45) is 5.73 Å². The summed E-state index contributed by atoms with van der Waals surface area (Å²) in [4.78, 5) is 4.18. The molecule has 4 heteroatoms. The van der Waals surface area contributed by atoms with Gasteiger partial charge in [0.2, 0.25) is 0 Å². The Balaban J connectivity index is 2.30. The van der Waals surface area contributed by atoms with Gasteiger partial charge in [0.05, 0.1) is 12.3 Å². The fourth-order valence-corrected chi connectivity index (χ4v) is 1.27. The standard InChI is InChI=1S/C11H18N2O2/c1-14-6-3-7-15-9-10-4-2-5-13-11(10)8-12/h2,4-5H,3,6-9,12H2,1H3. The van der Waals surface area contributed by atoms with Gasteiger partial charge in [-0.1, -0.05) is 6.07 Å². The first-order chi connectivity index (χ1) is 7.38. The topological polar surface area (TPSA) is 57.4 Å². The maximum absolute atomic E-state index is 5.56. The van der Waals surface area contributed by atoms with Crippen LogP contribution in [0.4, 0.5) is 0 Å². The number of hydrogen-bond donors (Lipinski definition) is 1. The molecule has 0 atom stereocenters. The zero-order valence-electron chi connectivity index (χ0n) is 9.11. The van der Waals surface area contributed by atoms with Gasteiger partial charge in [-0.15, -0.1) is 0 Å². The van der Waals surface area contributed by atoms with Crippen LogP contribution in [0.15, 0.2) is 18.3 Å². The van der Waals surface area contributed by atoms with Crippen LogP contribution in [-0.2, 0) is 22.6 Å². The first-order valence-electron chi connectivity index (χ1n) is 5.08. The molecule has 0 unspecified atom stereocenters. The van der Waals surface area contributed by atoms with E-state index < -0.39 is 0 Å². The molecule has 15 heavy (non-hydrogen) atoms. The fraction of sp³-hybridized carbons (Fsp3) is 0.545. The number of hydrogen-bond acceptors (Lipinski definition) is 4. The molecule has 0 aliphatic rings. The highest BCUT2D eigenvalue weighted by atomic mass is 16.5. The lowest BCUT2D eigenvalue weighted by Gasteiger charge is -2.07. The van der Waals surface area contributed by atoms with Gasteiger partial charge < -0.3 is 15.2 Å². The maximum atomic E-state index is 5.56. The highest BCUT2D eigenvalue weighted by Gasteiger charge is 2.00. The summed E-state index contributed by atoms with van der Waals surface area (Å²) in [6.45, 7) is 2.46. The molecule has 0 amide bonds. The molecule has 0 fully saturated rings. The summed E-state index contributed by atoms with van der Waals surface area (Å²) in [5, 5.41) is 0. The smallest absolute Gasteiger partial charge is 0.0735 e. The van der Waals surface area contributed by atoms with Crippen molar-refractivity contribution < 1.29 is 9.47 Å². The van der Waals surface area contributed by atoms with Gasteiger partial charge in [0.15, 0.2) is 0 Å². The van der Waals surface area contributed by atoms with Crippen LogP contribution < -0.4 is 5.73 Å². The Morgan fingerprint density at radius 2 is 2.27 bits per heavy atom. The van der Waals surface area contributed by atoms with Crippen LogP contribution in [0.25, 0.3) is 0 Å². The fourth-order valence-electron chi connectivity index (χ4n) is 1.27. The molecule has 0 radical (unpaired) electrons. The lowest BCUT2D eigenvalue weighted by molar-refractivity contribution is 0.0923. The van der Waals surface area contributed by atoms with Gasteiger partial charge in [-0.2, -0.15) is 0 Å². The molecule has 1 heterocycles. The lowest BCUT2D eigenvalue weighted by Crippen LogP contribution is -2.06. The molecule has 1 rings (SSSR count). The van der Waals surface area contributed by atoms with Gasteiger partial charge in [0, 0.05) is 38.6 Å². The predicted octanol–water partition coefficient (Wildman–Crippen LogP) is 1.09. The normalized spacial score (nSPS) is 10.5. The van der Waals surface area contributed by atoms with Gasteiger partial charge >= 0.3 is 0 Å². The number of ether oxygens (including phenoxy) is 2. The minimum Gasteiger partial charge on any atom is -0.385 e. The Bertz CT molecular complexity index is 279. The third kappa shape index (κ3) is 4.38. The van der Waals surface area contributed by atoms with E-state index in [1.54, 1.807) is 13.3 Å². The van der Waals surface area contributed by atoms with E-state index in [1.165, 1.54) is 0 Å². The second-order valence-corrected chi connectivity index (χ2v) is 3.21. The van der Waals surface area contributed by atoms with Gasteiger partial charge in [-0.05, 0) is 12.5 Å².